The van der Waals surface area contributed by atoms with Crippen LogP contribution in [0.15, 0.2) is 30.5 Å². The van der Waals surface area contributed by atoms with Crippen LogP contribution in [0.5, 0.6) is 0 Å². The van der Waals surface area contributed by atoms with Crippen LogP contribution in [-0.4, -0.2) is 33.6 Å². The number of amides is 1. The minimum atomic E-state index is -0.223. The average molecular weight is 269 g/mol. The molecule has 0 unspecified atom stereocenters. The molecule has 1 aromatic heterocycles. The van der Waals surface area contributed by atoms with E-state index in [-0.39, 0.29) is 17.3 Å². The van der Waals surface area contributed by atoms with Crippen molar-refractivity contribution >= 4 is 17.2 Å². The number of carbonyl (C=O) groups is 1. The Labute approximate surface area is 114 Å². The Bertz CT molecular complexity index is 669. The second-order valence-corrected chi connectivity index (χ2v) is 3.67. The van der Waals surface area contributed by atoms with Crippen molar-refractivity contribution in [1.29, 1.82) is 5.26 Å². The zero-order chi connectivity index (χ0) is 14.4. The molecule has 2 rings (SSSR count). The van der Waals surface area contributed by atoms with Crippen molar-refractivity contribution in [2.24, 2.45) is 0 Å². The van der Waals surface area contributed by atoms with E-state index in [2.05, 4.69) is 31.3 Å². The van der Waals surface area contributed by atoms with Crippen molar-refractivity contribution in [3.05, 3.63) is 41.9 Å². The fourth-order valence-electron chi connectivity index (χ4n) is 1.51. The van der Waals surface area contributed by atoms with Crippen molar-refractivity contribution in [2.45, 2.75) is 0 Å². The third-order valence-corrected chi connectivity index (χ3v) is 2.48. The number of para-hydroxylation sites is 1. The number of allylic oxidation sites excluding steroid dienone is 1. The van der Waals surface area contributed by atoms with Crippen LogP contribution < -0.4 is 10.6 Å². The molecule has 8 nitrogen and oxygen atoms in total. The molecule has 100 valence electrons. The number of tetrazole rings is 1. The first-order valence-electron chi connectivity index (χ1n) is 5.68. The quantitative estimate of drug-likeness (QED) is 0.697. The minimum Gasteiger partial charge on any atom is -0.360 e. The van der Waals surface area contributed by atoms with E-state index in [1.54, 1.807) is 31.3 Å². The molecule has 1 amide bonds. The zero-order valence-corrected chi connectivity index (χ0v) is 10.6. The lowest BCUT2D eigenvalue weighted by Gasteiger charge is -2.07. The third-order valence-electron chi connectivity index (χ3n) is 2.48. The molecule has 0 aliphatic heterocycles. The van der Waals surface area contributed by atoms with Crippen LogP contribution in [-0.2, 0) is 0 Å². The number of nitrogens with one attached hydrogen (secondary N) is 3. The summed E-state index contributed by atoms with van der Waals surface area (Å²) in [5.74, 6) is -0.0445. The van der Waals surface area contributed by atoms with Gasteiger partial charge in [0.2, 0.25) is 5.82 Å². The maximum absolute atomic E-state index is 11.7. The molecular formula is C12H11N7O. The molecule has 0 fully saturated rings. The highest BCUT2D eigenvalue weighted by Crippen LogP contribution is 2.16. The summed E-state index contributed by atoms with van der Waals surface area (Å²) in [6, 6.07) is 8.89. The van der Waals surface area contributed by atoms with Crippen molar-refractivity contribution in [2.75, 3.05) is 12.4 Å². The van der Waals surface area contributed by atoms with Crippen LogP contribution in [0.3, 0.4) is 0 Å². The number of nitrogens with zero attached hydrogens (tertiary/aromatic N) is 4. The summed E-state index contributed by atoms with van der Waals surface area (Å²) in [5, 5.41) is 27.6. The summed E-state index contributed by atoms with van der Waals surface area (Å²) in [5.41, 5.74) is 1.24. The van der Waals surface area contributed by atoms with Gasteiger partial charge >= 0.3 is 0 Å². The predicted molar refractivity (Wildman–Crippen MR) is 71.2 cm³/mol. The first kappa shape index (κ1) is 13.2. The summed E-state index contributed by atoms with van der Waals surface area (Å²) >= 11 is 0. The highest BCUT2D eigenvalue weighted by Gasteiger charge is 2.09. The van der Waals surface area contributed by atoms with Gasteiger partial charge in [-0.3, -0.25) is 4.79 Å². The number of anilines is 1. The lowest BCUT2D eigenvalue weighted by Crippen LogP contribution is -2.19. The molecule has 0 bridgehead atoms. The molecule has 0 radical (unpaired) electrons. The number of hydrogen-bond donors (Lipinski definition) is 3. The number of rotatable bonds is 4. The average Bonchev–Trinajstić information content (AvgIpc) is 3.02. The van der Waals surface area contributed by atoms with E-state index in [9.17, 15) is 4.79 Å². The van der Waals surface area contributed by atoms with E-state index in [4.69, 9.17) is 5.26 Å². The van der Waals surface area contributed by atoms with Gasteiger partial charge in [-0.05, 0) is 17.3 Å². The van der Waals surface area contributed by atoms with Crippen LogP contribution in [0, 0.1) is 11.3 Å². The number of nitriles is 1. The topological polar surface area (TPSA) is 119 Å². The van der Waals surface area contributed by atoms with Gasteiger partial charge in [0, 0.05) is 13.2 Å². The van der Waals surface area contributed by atoms with Gasteiger partial charge in [-0.1, -0.05) is 12.1 Å². The molecule has 0 saturated heterocycles. The Morgan fingerprint density at radius 3 is 2.90 bits per heavy atom. The van der Waals surface area contributed by atoms with E-state index in [1.807, 2.05) is 6.07 Å². The Morgan fingerprint density at radius 1 is 1.45 bits per heavy atom. The van der Waals surface area contributed by atoms with Crippen molar-refractivity contribution < 1.29 is 4.79 Å². The number of aromatic nitrogens is 4. The van der Waals surface area contributed by atoms with Gasteiger partial charge in [-0.2, -0.15) is 10.5 Å². The van der Waals surface area contributed by atoms with Crippen LogP contribution in [0.25, 0.3) is 5.57 Å². The summed E-state index contributed by atoms with van der Waals surface area (Å²) < 4.78 is 0. The molecule has 20 heavy (non-hydrogen) atoms. The molecule has 1 aromatic carbocycles. The predicted octanol–water partition coefficient (Wildman–Crippen LogP) is 0.536. The fraction of sp³-hybridized carbons (Fsp3) is 0.0833. The van der Waals surface area contributed by atoms with Crippen molar-refractivity contribution in [1.82, 2.24) is 25.9 Å². The first-order valence-corrected chi connectivity index (χ1v) is 5.68. The number of benzene rings is 1. The summed E-state index contributed by atoms with van der Waals surface area (Å²) in [4.78, 5) is 11.7. The van der Waals surface area contributed by atoms with E-state index >= 15 is 0 Å². The SMILES string of the molecule is CNC(=O)c1ccccc1NC=C(C#N)c1nn[nH]n1. The second-order valence-electron chi connectivity index (χ2n) is 3.67. The van der Waals surface area contributed by atoms with Gasteiger partial charge in [-0.15, -0.1) is 10.2 Å². The molecule has 0 spiro atoms. The molecule has 0 atom stereocenters. The smallest absolute Gasteiger partial charge is 0.253 e. The highest BCUT2D eigenvalue weighted by atomic mass is 16.1. The Balaban J connectivity index is 2.27. The molecule has 2 aromatic rings. The molecular weight excluding hydrogens is 258 g/mol. The minimum absolute atomic E-state index is 0.178. The molecule has 0 aliphatic rings. The number of H-pyrrole nitrogens is 1. The number of aromatic amines is 1. The summed E-state index contributed by atoms with van der Waals surface area (Å²) in [6.07, 6.45) is 1.42. The number of hydrogen-bond acceptors (Lipinski definition) is 6. The lowest BCUT2D eigenvalue weighted by atomic mass is 10.1. The standard InChI is InChI=1S/C12H11N7O/c1-14-12(20)9-4-2-3-5-10(9)15-7-8(6-13)11-16-18-19-17-11/h2-5,7,15H,1H3,(H,14,20)(H,16,17,18,19). The van der Waals surface area contributed by atoms with Gasteiger partial charge in [-0.25, -0.2) is 0 Å². The molecule has 1 heterocycles. The fourth-order valence-corrected chi connectivity index (χ4v) is 1.51. The first-order chi connectivity index (χ1) is 9.76. The Kier molecular flexibility index (Phi) is 4.04. The third kappa shape index (κ3) is 2.78. The van der Waals surface area contributed by atoms with Gasteiger partial charge in [0.15, 0.2) is 0 Å². The number of carbonyl (C=O) groups excluding carboxylic acids is 1. The van der Waals surface area contributed by atoms with E-state index < -0.39 is 0 Å². The van der Waals surface area contributed by atoms with Crippen LogP contribution in [0.2, 0.25) is 0 Å². The second kappa shape index (κ2) is 6.10. The molecule has 0 saturated carbocycles. The van der Waals surface area contributed by atoms with Gasteiger partial charge in [0.25, 0.3) is 5.91 Å². The van der Waals surface area contributed by atoms with Crippen molar-refractivity contribution in [3.8, 4) is 6.07 Å². The van der Waals surface area contributed by atoms with E-state index in [1.165, 1.54) is 6.20 Å². The summed E-state index contributed by atoms with van der Waals surface area (Å²) in [6.45, 7) is 0. The summed E-state index contributed by atoms with van der Waals surface area (Å²) in [7, 11) is 1.55. The van der Waals surface area contributed by atoms with Gasteiger partial charge < -0.3 is 10.6 Å². The van der Waals surface area contributed by atoms with Crippen LogP contribution in [0.4, 0.5) is 5.69 Å². The largest absolute Gasteiger partial charge is 0.360 e. The normalized spacial score (nSPS) is 10.7. The van der Waals surface area contributed by atoms with Gasteiger partial charge in [0.05, 0.1) is 11.3 Å². The molecule has 8 heteroatoms. The van der Waals surface area contributed by atoms with Crippen LogP contribution >= 0.6 is 0 Å². The monoisotopic (exact) mass is 269 g/mol. The molecule has 3 N–H and O–H groups in total. The lowest BCUT2D eigenvalue weighted by molar-refractivity contribution is 0.0964. The van der Waals surface area contributed by atoms with Crippen LogP contribution in [0.1, 0.15) is 16.2 Å². The maximum Gasteiger partial charge on any atom is 0.253 e. The Morgan fingerprint density at radius 2 is 2.25 bits per heavy atom. The zero-order valence-electron chi connectivity index (χ0n) is 10.6. The van der Waals surface area contributed by atoms with E-state index in [0.29, 0.717) is 11.3 Å². The van der Waals surface area contributed by atoms with E-state index in [0.717, 1.165) is 0 Å². The Hall–Kier alpha value is -3.21. The maximum atomic E-state index is 11.7. The highest BCUT2D eigenvalue weighted by molar-refractivity contribution is 5.99. The van der Waals surface area contributed by atoms with Crippen molar-refractivity contribution in [3.63, 3.8) is 0 Å². The van der Waals surface area contributed by atoms with Gasteiger partial charge in [0.1, 0.15) is 11.6 Å². The molecule has 0 aliphatic carbocycles.